The number of rotatable bonds is 5. The summed E-state index contributed by atoms with van der Waals surface area (Å²) in [4.78, 5) is 11.9. The van der Waals surface area contributed by atoms with Crippen LogP contribution < -0.4 is 9.47 Å². The maximum Gasteiger partial charge on any atom is 0.221 e. The lowest BCUT2D eigenvalue weighted by atomic mass is 10.1. The van der Waals surface area contributed by atoms with Crippen molar-refractivity contribution in [2.45, 2.75) is 6.92 Å². The molecule has 2 aromatic rings. The van der Waals surface area contributed by atoms with Gasteiger partial charge < -0.3 is 13.9 Å². The minimum absolute atomic E-state index is 0.181. The van der Waals surface area contributed by atoms with E-state index in [2.05, 4.69) is 0 Å². The van der Waals surface area contributed by atoms with E-state index in [1.54, 1.807) is 45.4 Å². The first-order valence-electron chi connectivity index (χ1n) is 6.14. The Kier molecular flexibility index (Phi) is 4.25. The van der Waals surface area contributed by atoms with Crippen LogP contribution in [0.3, 0.4) is 0 Å². The van der Waals surface area contributed by atoms with Gasteiger partial charge in [-0.15, -0.1) is 0 Å². The highest BCUT2D eigenvalue weighted by Gasteiger charge is 2.06. The van der Waals surface area contributed by atoms with E-state index in [0.717, 1.165) is 5.56 Å². The number of ketones is 1. The smallest absolute Gasteiger partial charge is 0.221 e. The molecular weight excluding hydrogens is 256 g/mol. The van der Waals surface area contributed by atoms with Crippen molar-refractivity contribution in [1.82, 2.24) is 0 Å². The molecule has 4 heteroatoms. The normalized spacial score (nSPS) is 10.8. The minimum Gasteiger partial charge on any atom is -0.497 e. The van der Waals surface area contributed by atoms with Gasteiger partial charge in [0.25, 0.3) is 0 Å². The molecule has 0 aliphatic rings. The van der Waals surface area contributed by atoms with Gasteiger partial charge in [-0.25, -0.2) is 0 Å². The average molecular weight is 272 g/mol. The Morgan fingerprint density at radius 1 is 1.10 bits per heavy atom. The van der Waals surface area contributed by atoms with Crippen LogP contribution >= 0.6 is 0 Å². The Bertz CT molecular complexity index is 615. The van der Waals surface area contributed by atoms with Crippen LogP contribution in [0.4, 0.5) is 0 Å². The number of carbonyl (C=O) groups excluding carboxylic acids is 1. The van der Waals surface area contributed by atoms with Crippen LogP contribution in [0.2, 0.25) is 0 Å². The first kappa shape index (κ1) is 13.9. The molecule has 0 radical (unpaired) electrons. The highest BCUT2D eigenvalue weighted by Crippen LogP contribution is 2.23. The fourth-order valence-electron chi connectivity index (χ4n) is 1.75. The van der Waals surface area contributed by atoms with Crippen molar-refractivity contribution in [3.05, 3.63) is 53.5 Å². The second-order valence-electron chi connectivity index (χ2n) is 4.25. The van der Waals surface area contributed by atoms with Crippen molar-refractivity contribution in [3.63, 3.8) is 0 Å². The Labute approximate surface area is 117 Å². The fraction of sp³-hybridized carbons (Fsp3) is 0.188. The molecule has 2 rings (SSSR count). The zero-order valence-electron chi connectivity index (χ0n) is 11.7. The summed E-state index contributed by atoms with van der Waals surface area (Å²) in [6.45, 7) is 1.80. The first-order valence-corrected chi connectivity index (χ1v) is 6.14. The van der Waals surface area contributed by atoms with Crippen LogP contribution in [0.25, 0.3) is 6.08 Å². The molecule has 4 nitrogen and oxygen atoms in total. The van der Waals surface area contributed by atoms with Crippen molar-refractivity contribution < 1.29 is 18.7 Å². The Morgan fingerprint density at radius 3 is 2.25 bits per heavy atom. The summed E-state index contributed by atoms with van der Waals surface area (Å²) in [6.07, 6.45) is 3.16. The topological polar surface area (TPSA) is 48.7 Å². The van der Waals surface area contributed by atoms with Gasteiger partial charge in [0.15, 0.2) is 5.76 Å². The molecule has 0 N–H and O–H groups in total. The van der Waals surface area contributed by atoms with E-state index in [9.17, 15) is 4.79 Å². The highest BCUT2D eigenvalue weighted by molar-refractivity contribution is 6.04. The molecule has 1 heterocycles. The number of ether oxygens (including phenoxy) is 2. The zero-order valence-corrected chi connectivity index (χ0v) is 11.7. The Hall–Kier alpha value is -2.49. The fourth-order valence-corrected chi connectivity index (χ4v) is 1.75. The number of hydrogen-bond acceptors (Lipinski definition) is 4. The van der Waals surface area contributed by atoms with E-state index in [1.807, 2.05) is 12.1 Å². The summed E-state index contributed by atoms with van der Waals surface area (Å²) in [5.74, 6) is 2.20. The van der Waals surface area contributed by atoms with Crippen molar-refractivity contribution in [3.8, 4) is 11.5 Å². The molecular formula is C16H16O4. The summed E-state index contributed by atoms with van der Waals surface area (Å²) in [7, 11) is 3.16. The molecule has 0 spiro atoms. The van der Waals surface area contributed by atoms with E-state index in [4.69, 9.17) is 13.9 Å². The lowest BCUT2D eigenvalue weighted by Gasteiger charge is -2.05. The van der Waals surface area contributed by atoms with Crippen LogP contribution in [0.15, 0.2) is 40.8 Å². The van der Waals surface area contributed by atoms with Crippen LogP contribution in [-0.2, 0) is 0 Å². The van der Waals surface area contributed by atoms with E-state index < -0.39 is 0 Å². The summed E-state index contributed by atoms with van der Waals surface area (Å²) >= 11 is 0. The molecule has 104 valence electrons. The second-order valence-corrected chi connectivity index (χ2v) is 4.25. The van der Waals surface area contributed by atoms with Gasteiger partial charge in [-0.3, -0.25) is 4.79 Å². The summed E-state index contributed by atoms with van der Waals surface area (Å²) in [5.41, 5.74) is 0.817. The number of benzene rings is 1. The van der Waals surface area contributed by atoms with Gasteiger partial charge >= 0.3 is 0 Å². The summed E-state index contributed by atoms with van der Waals surface area (Å²) in [6, 6.07) is 8.83. The molecule has 0 unspecified atom stereocenters. The maximum atomic E-state index is 11.9. The second kappa shape index (κ2) is 6.10. The summed E-state index contributed by atoms with van der Waals surface area (Å²) < 4.78 is 15.6. The van der Waals surface area contributed by atoms with Crippen molar-refractivity contribution >= 4 is 11.9 Å². The Morgan fingerprint density at radius 2 is 1.75 bits per heavy atom. The van der Waals surface area contributed by atoms with Gasteiger partial charge in [-0.05, 0) is 42.8 Å². The standard InChI is InChI=1S/C16H16O4/c1-11-4-7-16(20-11)15(17)6-5-12-8-13(18-2)10-14(9-12)19-3/h4-10H,1-3H3/b6-5-. The van der Waals surface area contributed by atoms with Crippen LogP contribution in [0.1, 0.15) is 21.9 Å². The number of furan rings is 1. The predicted octanol–water partition coefficient (Wildman–Crippen LogP) is 3.50. The minimum atomic E-state index is -0.181. The molecule has 0 aliphatic heterocycles. The third kappa shape index (κ3) is 3.29. The molecule has 0 saturated heterocycles. The molecule has 1 aromatic heterocycles. The van der Waals surface area contributed by atoms with Gasteiger partial charge in [-0.1, -0.05) is 6.08 Å². The number of carbonyl (C=O) groups is 1. The van der Waals surface area contributed by atoms with E-state index in [1.165, 1.54) is 6.08 Å². The molecule has 0 fully saturated rings. The molecule has 0 amide bonds. The summed E-state index contributed by atoms with van der Waals surface area (Å²) in [5, 5.41) is 0. The van der Waals surface area contributed by atoms with Crippen LogP contribution in [0, 0.1) is 6.92 Å². The van der Waals surface area contributed by atoms with Gasteiger partial charge in [0.1, 0.15) is 17.3 Å². The molecule has 0 bridgehead atoms. The average Bonchev–Trinajstić information content (AvgIpc) is 2.91. The van der Waals surface area contributed by atoms with Crippen LogP contribution in [0.5, 0.6) is 11.5 Å². The third-order valence-electron chi connectivity index (χ3n) is 2.78. The molecule has 0 saturated carbocycles. The number of aryl methyl sites for hydroxylation is 1. The van der Waals surface area contributed by atoms with Gasteiger partial charge in [0.05, 0.1) is 14.2 Å². The number of allylic oxidation sites excluding steroid dienone is 1. The molecule has 0 atom stereocenters. The third-order valence-corrected chi connectivity index (χ3v) is 2.78. The predicted molar refractivity (Wildman–Crippen MR) is 76.4 cm³/mol. The zero-order chi connectivity index (χ0) is 14.5. The largest absolute Gasteiger partial charge is 0.497 e. The van der Waals surface area contributed by atoms with Crippen molar-refractivity contribution in [1.29, 1.82) is 0 Å². The van der Waals surface area contributed by atoms with Gasteiger partial charge in [0.2, 0.25) is 5.78 Å². The molecule has 20 heavy (non-hydrogen) atoms. The monoisotopic (exact) mass is 272 g/mol. The number of methoxy groups -OCH3 is 2. The lowest BCUT2D eigenvalue weighted by Crippen LogP contribution is -1.91. The molecule has 1 aromatic carbocycles. The van der Waals surface area contributed by atoms with Crippen molar-refractivity contribution in [2.75, 3.05) is 14.2 Å². The Balaban J connectivity index is 2.20. The maximum absolute atomic E-state index is 11.9. The van der Waals surface area contributed by atoms with Crippen molar-refractivity contribution in [2.24, 2.45) is 0 Å². The lowest BCUT2D eigenvalue weighted by molar-refractivity contribution is 0.102. The van der Waals surface area contributed by atoms with Gasteiger partial charge in [0, 0.05) is 6.07 Å². The first-order chi connectivity index (χ1) is 9.62. The quantitative estimate of drug-likeness (QED) is 0.617. The van der Waals surface area contributed by atoms with Crippen LogP contribution in [-0.4, -0.2) is 20.0 Å². The molecule has 0 aliphatic carbocycles. The highest BCUT2D eigenvalue weighted by atomic mass is 16.5. The van der Waals surface area contributed by atoms with E-state index in [0.29, 0.717) is 23.0 Å². The van der Waals surface area contributed by atoms with E-state index >= 15 is 0 Å². The van der Waals surface area contributed by atoms with E-state index in [-0.39, 0.29) is 5.78 Å². The van der Waals surface area contributed by atoms with Gasteiger partial charge in [-0.2, -0.15) is 0 Å². The number of hydrogen-bond donors (Lipinski definition) is 0. The SMILES string of the molecule is COc1cc(/C=C\C(=O)c2ccc(C)o2)cc(OC)c1.